The zero-order chi connectivity index (χ0) is 12.1. The minimum absolute atomic E-state index is 0.0277. The topological polar surface area (TPSA) is 47.9 Å². The molecule has 1 aromatic rings. The molecule has 0 aliphatic carbocycles. The maximum absolute atomic E-state index is 9.24. The van der Waals surface area contributed by atoms with E-state index in [0.717, 1.165) is 5.56 Å². The molecule has 1 N–H and O–H groups in total. The van der Waals surface area contributed by atoms with Crippen LogP contribution in [0.25, 0.3) is 0 Å². The van der Waals surface area contributed by atoms with Crippen molar-refractivity contribution in [3.05, 3.63) is 17.7 Å². The maximum atomic E-state index is 9.24. The van der Waals surface area contributed by atoms with Crippen molar-refractivity contribution < 1.29 is 19.3 Å². The van der Waals surface area contributed by atoms with Crippen LogP contribution in [-0.4, -0.2) is 33.0 Å². The Hall–Kier alpha value is -1.42. The van der Waals surface area contributed by atoms with Crippen LogP contribution in [-0.2, 0) is 0 Å². The summed E-state index contributed by atoms with van der Waals surface area (Å²) in [5, 5.41) is 9.24. The Morgan fingerprint density at radius 1 is 1.06 bits per heavy atom. The number of hydrogen-bond acceptors (Lipinski definition) is 4. The summed E-state index contributed by atoms with van der Waals surface area (Å²) in [5.74, 6) is 1.88. The van der Waals surface area contributed by atoms with Crippen LogP contribution in [0.5, 0.6) is 17.2 Å². The molecule has 0 heterocycles. The van der Waals surface area contributed by atoms with Gasteiger partial charge in [-0.2, -0.15) is 0 Å². The molecule has 0 saturated heterocycles. The first-order valence-electron chi connectivity index (χ1n) is 5.09. The molecule has 0 aliphatic rings. The lowest BCUT2D eigenvalue weighted by Crippen LogP contribution is -2.05. The average Bonchev–Trinajstić information content (AvgIpc) is 2.35. The Balaban J connectivity index is 3.36. The van der Waals surface area contributed by atoms with Gasteiger partial charge in [-0.3, -0.25) is 0 Å². The molecule has 0 aromatic heterocycles. The van der Waals surface area contributed by atoms with Gasteiger partial charge >= 0.3 is 0 Å². The fraction of sp³-hybridized carbons (Fsp3) is 0.500. The van der Waals surface area contributed by atoms with Gasteiger partial charge in [0.1, 0.15) is 5.75 Å². The minimum Gasteiger partial charge on any atom is -0.496 e. The Morgan fingerprint density at radius 2 is 1.62 bits per heavy atom. The average molecular weight is 226 g/mol. The predicted octanol–water partition coefficient (Wildman–Crippen LogP) is 1.81. The highest BCUT2D eigenvalue weighted by Crippen LogP contribution is 2.41. The van der Waals surface area contributed by atoms with Gasteiger partial charge in [-0.1, -0.05) is 6.92 Å². The Labute approximate surface area is 95.8 Å². The fourth-order valence-corrected chi connectivity index (χ4v) is 1.67. The number of rotatable bonds is 5. The van der Waals surface area contributed by atoms with Crippen LogP contribution in [0.2, 0.25) is 0 Å². The summed E-state index contributed by atoms with van der Waals surface area (Å²) in [6.45, 7) is 1.93. The molecule has 1 rings (SSSR count). The van der Waals surface area contributed by atoms with E-state index in [9.17, 15) is 5.11 Å². The Kier molecular flexibility index (Phi) is 4.43. The predicted molar refractivity (Wildman–Crippen MR) is 61.6 cm³/mol. The molecule has 4 nitrogen and oxygen atoms in total. The first-order valence-corrected chi connectivity index (χ1v) is 5.09. The molecule has 1 aromatic carbocycles. The third kappa shape index (κ3) is 2.22. The lowest BCUT2D eigenvalue weighted by molar-refractivity contribution is 0.263. The maximum Gasteiger partial charge on any atom is 0.167 e. The molecule has 0 bridgehead atoms. The summed E-state index contributed by atoms with van der Waals surface area (Å²) >= 11 is 0. The molecular weight excluding hydrogens is 208 g/mol. The SMILES string of the molecule is COc1ccc(OC)c(C(C)CO)c1OC. The second kappa shape index (κ2) is 5.61. The van der Waals surface area contributed by atoms with E-state index in [4.69, 9.17) is 14.2 Å². The van der Waals surface area contributed by atoms with Crippen molar-refractivity contribution in [1.29, 1.82) is 0 Å². The van der Waals surface area contributed by atoms with Crippen LogP contribution >= 0.6 is 0 Å². The summed E-state index contributed by atoms with van der Waals surface area (Å²) in [5.41, 5.74) is 0.826. The summed E-state index contributed by atoms with van der Waals surface area (Å²) in [7, 11) is 4.75. The smallest absolute Gasteiger partial charge is 0.167 e. The van der Waals surface area contributed by atoms with Gasteiger partial charge < -0.3 is 19.3 Å². The first kappa shape index (κ1) is 12.6. The zero-order valence-corrected chi connectivity index (χ0v) is 10.1. The van der Waals surface area contributed by atoms with E-state index >= 15 is 0 Å². The summed E-state index contributed by atoms with van der Waals surface area (Å²) < 4.78 is 15.8. The van der Waals surface area contributed by atoms with E-state index in [1.165, 1.54) is 0 Å². The van der Waals surface area contributed by atoms with Crippen molar-refractivity contribution in [2.75, 3.05) is 27.9 Å². The van der Waals surface area contributed by atoms with Crippen LogP contribution in [0.3, 0.4) is 0 Å². The largest absolute Gasteiger partial charge is 0.496 e. The number of hydrogen-bond donors (Lipinski definition) is 1. The number of benzene rings is 1. The molecule has 1 unspecified atom stereocenters. The normalized spacial score (nSPS) is 12.1. The van der Waals surface area contributed by atoms with E-state index in [1.54, 1.807) is 27.4 Å². The summed E-state index contributed by atoms with van der Waals surface area (Å²) in [6, 6.07) is 3.59. The van der Waals surface area contributed by atoms with Crippen LogP contribution in [0.1, 0.15) is 18.4 Å². The highest BCUT2D eigenvalue weighted by atomic mass is 16.5. The molecule has 90 valence electrons. The van der Waals surface area contributed by atoms with Crippen LogP contribution < -0.4 is 14.2 Å². The standard InChI is InChI=1S/C12H18O4/c1-8(7-13)11-9(14-2)5-6-10(15-3)12(11)16-4/h5-6,8,13H,7H2,1-4H3. The quantitative estimate of drug-likeness (QED) is 0.831. The van der Waals surface area contributed by atoms with Gasteiger partial charge in [-0.25, -0.2) is 0 Å². The van der Waals surface area contributed by atoms with Gasteiger partial charge in [-0.05, 0) is 12.1 Å². The molecule has 4 heteroatoms. The van der Waals surface area contributed by atoms with Crippen molar-refractivity contribution in [3.8, 4) is 17.2 Å². The van der Waals surface area contributed by atoms with Gasteiger partial charge in [-0.15, -0.1) is 0 Å². The van der Waals surface area contributed by atoms with E-state index in [-0.39, 0.29) is 12.5 Å². The van der Waals surface area contributed by atoms with Crippen LogP contribution in [0.15, 0.2) is 12.1 Å². The van der Waals surface area contributed by atoms with Crippen molar-refractivity contribution in [3.63, 3.8) is 0 Å². The minimum atomic E-state index is -0.0694. The van der Waals surface area contributed by atoms with Gasteiger partial charge in [0.2, 0.25) is 0 Å². The molecule has 16 heavy (non-hydrogen) atoms. The molecule has 0 saturated carbocycles. The fourth-order valence-electron chi connectivity index (χ4n) is 1.67. The zero-order valence-electron chi connectivity index (χ0n) is 10.1. The third-order valence-corrected chi connectivity index (χ3v) is 2.53. The Bertz CT molecular complexity index is 349. The lowest BCUT2D eigenvalue weighted by Gasteiger charge is -2.19. The number of ether oxygens (including phenoxy) is 3. The highest BCUT2D eigenvalue weighted by Gasteiger charge is 2.20. The van der Waals surface area contributed by atoms with Crippen molar-refractivity contribution >= 4 is 0 Å². The molecule has 0 aliphatic heterocycles. The third-order valence-electron chi connectivity index (χ3n) is 2.53. The van der Waals surface area contributed by atoms with Crippen LogP contribution in [0.4, 0.5) is 0 Å². The lowest BCUT2D eigenvalue weighted by atomic mass is 9.99. The van der Waals surface area contributed by atoms with E-state index in [0.29, 0.717) is 17.2 Å². The molecule has 0 spiro atoms. The molecule has 0 amide bonds. The van der Waals surface area contributed by atoms with Gasteiger partial charge in [0, 0.05) is 18.1 Å². The summed E-state index contributed by atoms with van der Waals surface area (Å²) in [6.07, 6.45) is 0. The highest BCUT2D eigenvalue weighted by molar-refractivity contribution is 5.55. The van der Waals surface area contributed by atoms with Gasteiger partial charge in [0.05, 0.1) is 21.3 Å². The monoisotopic (exact) mass is 226 g/mol. The molecule has 0 fully saturated rings. The molecule has 1 atom stereocenters. The van der Waals surface area contributed by atoms with Crippen molar-refractivity contribution in [2.24, 2.45) is 0 Å². The van der Waals surface area contributed by atoms with Crippen molar-refractivity contribution in [1.82, 2.24) is 0 Å². The first-order chi connectivity index (χ1) is 7.69. The number of methoxy groups -OCH3 is 3. The second-order valence-corrected chi connectivity index (χ2v) is 3.50. The van der Waals surface area contributed by atoms with E-state index < -0.39 is 0 Å². The van der Waals surface area contributed by atoms with Gasteiger partial charge in [0.25, 0.3) is 0 Å². The second-order valence-electron chi connectivity index (χ2n) is 3.50. The molecule has 0 radical (unpaired) electrons. The number of aliphatic hydroxyl groups is 1. The number of aliphatic hydroxyl groups excluding tert-OH is 1. The van der Waals surface area contributed by atoms with Crippen molar-refractivity contribution in [2.45, 2.75) is 12.8 Å². The van der Waals surface area contributed by atoms with Crippen LogP contribution in [0, 0.1) is 0 Å². The van der Waals surface area contributed by atoms with E-state index in [2.05, 4.69) is 0 Å². The summed E-state index contributed by atoms with van der Waals surface area (Å²) in [4.78, 5) is 0. The Morgan fingerprint density at radius 3 is 2.06 bits per heavy atom. The van der Waals surface area contributed by atoms with E-state index in [1.807, 2.05) is 13.0 Å². The molecular formula is C12H18O4. The van der Waals surface area contributed by atoms with Gasteiger partial charge in [0.15, 0.2) is 11.5 Å².